The molecule has 0 spiro atoms. The van der Waals surface area contributed by atoms with Crippen LogP contribution in [0.4, 0.5) is 17.6 Å². The number of rotatable bonds is 2. The molecule has 0 saturated heterocycles. The summed E-state index contributed by atoms with van der Waals surface area (Å²) in [6, 6.07) is 1.13. The number of carbonyl (C=O) groups excluding carboxylic acids is 1. The van der Waals surface area contributed by atoms with Crippen molar-refractivity contribution >= 4 is 17.6 Å². The maximum atomic E-state index is 14.0. The van der Waals surface area contributed by atoms with E-state index in [0.717, 1.165) is 7.05 Å². The number of halogens is 5. The number of hydrogen-bond donors (Lipinski definition) is 0. The second-order valence-electron chi connectivity index (χ2n) is 4.61. The average Bonchev–Trinajstić information content (AvgIpc) is 2.43. The molecule has 0 radical (unpaired) electrons. The molecule has 128 valence electrons. The van der Waals surface area contributed by atoms with Crippen LogP contribution in [0.5, 0.6) is 0 Å². The number of carbonyl (C=O) groups is 1. The Bertz CT molecular complexity index is 962. The monoisotopic (exact) mass is 365 g/mol. The van der Waals surface area contributed by atoms with E-state index < -0.39 is 51.2 Å². The zero-order valence-electron chi connectivity index (χ0n) is 11.6. The summed E-state index contributed by atoms with van der Waals surface area (Å²) in [5.41, 5.74) is -6.14. The van der Waals surface area contributed by atoms with E-state index in [1.807, 2.05) is 0 Å². The topological polar surface area (TPSA) is 84.1 Å². The fourth-order valence-corrected chi connectivity index (χ4v) is 2.21. The van der Waals surface area contributed by atoms with Gasteiger partial charge in [0.25, 0.3) is 5.56 Å². The standard InChI is InChI=1S/C13H7ClF4N2O4/c1-19-9(13(16,17)18)4-10(21)20(12(19)24)8-2-5(11(22)23)6(14)3-7(8)15/h2-4H,1H3,(H,22,23)/p-1. The summed E-state index contributed by atoms with van der Waals surface area (Å²) in [5.74, 6) is -3.10. The molecule has 6 nitrogen and oxygen atoms in total. The third kappa shape index (κ3) is 2.92. The van der Waals surface area contributed by atoms with Crippen LogP contribution in [0.1, 0.15) is 16.1 Å². The van der Waals surface area contributed by atoms with Crippen LogP contribution in [-0.4, -0.2) is 15.1 Å². The van der Waals surface area contributed by atoms with Gasteiger partial charge < -0.3 is 9.90 Å². The number of carboxylic acid groups (broad SMARTS) is 1. The molecule has 1 aromatic heterocycles. The van der Waals surface area contributed by atoms with Gasteiger partial charge in [-0.2, -0.15) is 13.2 Å². The maximum Gasteiger partial charge on any atom is 0.431 e. The lowest BCUT2D eigenvalue weighted by molar-refractivity contribution is -0.255. The number of aromatic carboxylic acids is 1. The van der Waals surface area contributed by atoms with E-state index in [4.69, 9.17) is 11.6 Å². The van der Waals surface area contributed by atoms with Crippen LogP contribution in [0.2, 0.25) is 5.02 Å². The lowest BCUT2D eigenvalue weighted by Crippen LogP contribution is -2.41. The smallest absolute Gasteiger partial charge is 0.431 e. The molecular weight excluding hydrogens is 360 g/mol. The van der Waals surface area contributed by atoms with Crippen molar-refractivity contribution in [1.29, 1.82) is 0 Å². The van der Waals surface area contributed by atoms with Crippen molar-refractivity contribution in [2.45, 2.75) is 6.18 Å². The van der Waals surface area contributed by atoms with Gasteiger partial charge >= 0.3 is 11.9 Å². The first-order chi connectivity index (χ1) is 10.9. The van der Waals surface area contributed by atoms with Crippen molar-refractivity contribution in [1.82, 2.24) is 9.13 Å². The van der Waals surface area contributed by atoms with Gasteiger partial charge in [-0.05, 0) is 12.1 Å². The van der Waals surface area contributed by atoms with Crippen LogP contribution >= 0.6 is 11.6 Å². The number of alkyl halides is 3. The van der Waals surface area contributed by atoms with Crippen molar-refractivity contribution in [2.75, 3.05) is 0 Å². The highest BCUT2D eigenvalue weighted by Crippen LogP contribution is 2.27. The summed E-state index contributed by atoms with van der Waals surface area (Å²) in [5, 5.41) is 10.3. The Morgan fingerprint density at radius 3 is 2.29 bits per heavy atom. The van der Waals surface area contributed by atoms with Gasteiger partial charge in [0.2, 0.25) is 0 Å². The fraction of sp³-hybridized carbons (Fsp3) is 0.154. The van der Waals surface area contributed by atoms with Crippen molar-refractivity contribution in [2.24, 2.45) is 7.05 Å². The minimum absolute atomic E-state index is 0.0628. The summed E-state index contributed by atoms with van der Waals surface area (Å²) in [7, 11) is 0.731. The lowest BCUT2D eigenvalue weighted by atomic mass is 10.2. The van der Waals surface area contributed by atoms with Gasteiger partial charge in [0.05, 0.1) is 16.7 Å². The molecule has 2 rings (SSSR count). The Morgan fingerprint density at radius 2 is 1.79 bits per heavy atom. The van der Waals surface area contributed by atoms with Crippen LogP contribution in [0.15, 0.2) is 27.8 Å². The number of hydrogen-bond acceptors (Lipinski definition) is 4. The molecule has 1 aromatic carbocycles. The molecule has 2 aromatic rings. The van der Waals surface area contributed by atoms with Crippen molar-refractivity contribution in [3.8, 4) is 5.69 Å². The molecule has 24 heavy (non-hydrogen) atoms. The maximum absolute atomic E-state index is 14.0. The van der Waals surface area contributed by atoms with Crippen LogP contribution in [0.25, 0.3) is 5.69 Å². The van der Waals surface area contributed by atoms with Gasteiger partial charge in [-0.1, -0.05) is 11.6 Å². The number of carboxylic acids is 1. The van der Waals surface area contributed by atoms with Gasteiger partial charge in [0, 0.05) is 18.7 Å². The molecule has 0 aliphatic rings. The fourth-order valence-electron chi connectivity index (χ4n) is 1.98. The minimum Gasteiger partial charge on any atom is -0.545 e. The molecule has 0 unspecified atom stereocenters. The van der Waals surface area contributed by atoms with E-state index in [0.29, 0.717) is 12.1 Å². The Balaban J connectivity index is 2.88. The van der Waals surface area contributed by atoms with E-state index >= 15 is 0 Å². The summed E-state index contributed by atoms with van der Waals surface area (Å²) in [6.07, 6.45) is -4.99. The summed E-state index contributed by atoms with van der Waals surface area (Å²) >= 11 is 5.50. The van der Waals surface area contributed by atoms with Gasteiger partial charge in [0.1, 0.15) is 11.5 Å². The Labute approximate surface area is 135 Å². The van der Waals surface area contributed by atoms with E-state index in [-0.39, 0.29) is 15.2 Å². The Hall–Kier alpha value is -2.62. The zero-order valence-corrected chi connectivity index (χ0v) is 12.4. The molecular formula is C13H6ClF4N2O4-. The van der Waals surface area contributed by atoms with Crippen LogP contribution in [-0.2, 0) is 13.2 Å². The molecule has 0 N–H and O–H groups in total. The molecule has 0 aliphatic carbocycles. The van der Waals surface area contributed by atoms with E-state index in [1.54, 1.807) is 0 Å². The van der Waals surface area contributed by atoms with Gasteiger partial charge in [-0.15, -0.1) is 0 Å². The summed E-state index contributed by atoms with van der Waals surface area (Å²) in [6.45, 7) is 0. The minimum atomic E-state index is -4.99. The predicted molar refractivity (Wildman–Crippen MR) is 71.6 cm³/mol. The first kappa shape index (κ1) is 17.7. The molecule has 0 saturated carbocycles. The molecule has 0 amide bonds. The third-order valence-corrected chi connectivity index (χ3v) is 3.42. The predicted octanol–water partition coefficient (Wildman–Crippen LogP) is 0.711. The van der Waals surface area contributed by atoms with E-state index in [1.165, 1.54) is 0 Å². The number of aromatic nitrogens is 2. The molecule has 0 atom stereocenters. The zero-order chi connectivity index (χ0) is 18.4. The highest BCUT2D eigenvalue weighted by atomic mass is 35.5. The summed E-state index contributed by atoms with van der Waals surface area (Å²) < 4.78 is 52.4. The second kappa shape index (κ2) is 5.78. The normalized spacial score (nSPS) is 11.6. The molecule has 0 fully saturated rings. The van der Waals surface area contributed by atoms with Crippen molar-refractivity contribution in [3.63, 3.8) is 0 Å². The third-order valence-electron chi connectivity index (χ3n) is 3.11. The van der Waals surface area contributed by atoms with E-state index in [2.05, 4.69) is 0 Å². The average molecular weight is 366 g/mol. The van der Waals surface area contributed by atoms with Crippen LogP contribution in [0, 0.1) is 5.82 Å². The quantitative estimate of drug-likeness (QED) is 0.734. The molecule has 11 heteroatoms. The van der Waals surface area contributed by atoms with Crippen molar-refractivity contribution in [3.05, 3.63) is 61.1 Å². The first-order valence-electron chi connectivity index (χ1n) is 6.06. The summed E-state index contributed by atoms with van der Waals surface area (Å²) in [4.78, 5) is 34.8. The van der Waals surface area contributed by atoms with Gasteiger partial charge in [-0.3, -0.25) is 9.36 Å². The van der Waals surface area contributed by atoms with Gasteiger partial charge in [-0.25, -0.2) is 13.8 Å². The molecule has 0 bridgehead atoms. The highest BCUT2D eigenvalue weighted by Gasteiger charge is 2.35. The van der Waals surface area contributed by atoms with Crippen LogP contribution in [0.3, 0.4) is 0 Å². The SMILES string of the molecule is Cn1c(C(F)(F)F)cc(=O)n(-c2cc(C(=O)[O-])c(Cl)cc2F)c1=O. The Morgan fingerprint density at radius 1 is 1.21 bits per heavy atom. The van der Waals surface area contributed by atoms with Gasteiger partial charge in [0.15, 0.2) is 0 Å². The molecule has 0 aliphatic heterocycles. The second-order valence-corrected chi connectivity index (χ2v) is 5.02. The largest absolute Gasteiger partial charge is 0.545 e. The highest BCUT2D eigenvalue weighted by molar-refractivity contribution is 6.33. The lowest BCUT2D eigenvalue weighted by Gasteiger charge is -2.15. The van der Waals surface area contributed by atoms with E-state index in [9.17, 15) is 37.1 Å². The first-order valence-corrected chi connectivity index (χ1v) is 6.44. The number of nitrogens with zero attached hydrogens (tertiary/aromatic N) is 2. The molecule has 1 heterocycles. The van der Waals surface area contributed by atoms with Crippen LogP contribution < -0.4 is 16.4 Å². The number of benzene rings is 1. The van der Waals surface area contributed by atoms with Crippen molar-refractivity contribution < 1.29 is 27.5 Å². The Kier molecular flexibility index (Phi) is 4.27.